The van der Waals surface area contributed by atoms with Crippen LogP contribution in [0.3, 0.4) is 0 Å². The Bertz CT molecular complexity index is 648. The van der Waals surface area contributed by atoms with Gasteiger partial charge in [0.15, 0.2) is 6.04 Å². The number of ether oxygens (including phenoxy) is 1. The first-order valence-electron chi connectivity index (χ1n) is 8.28. The smallest absolute Gasteiger partial charge is 0.335 e. The van der Waals surface area contributed by atoms with Crippen LogP contribution < -0.4 is 0 Å². The number of hydrogen-bond donors (Lipinski definition) is 0. The lowest BCUT2D eigenvalue weighted by molar-refractivity contribution is -0.161. The minimum atomic E-state index is -0.512. The van der Waals surface area contributed by atoms with Gasteiger partial charge in [0, 0.05) is 18.9 Å². The second kappa shape index (κ2) is 6.16. The number of carbonyl (C=O) groups is 1. The normalized spacial score (nSPS) is 27.6. The van der Waals surface area contributed by atoms with E-state index in [-0.39, 0.29) is 12.1 Å². The third-order valence-corrected chi connectivity index (χ3v) is 4.99. The fourth-order valence-corrected chi connectivity index (χ4v) is 3.72. The van der Waals surface area contributed by atoms with E-state index >= 15 is 0 Å². The molecule has 1 aromatic carbocycles. The van der Waals surface area contributed by atoms with Gasteiger partial charge in [-0.25, -0.2) is 4.79 Å². The SMILES string of the molecule is O=C(OC1CN2CCC1CC2)C(c1ccccc1)n1cccn1. The molecule has 0 spiro atoms. The Kier molecular flexibility index (Phi) is 3.87. The van der Waals surface area contributed by atoms with Crippen molar-refractivity contribution in [3.8, 4) is 0 Å². The van der Waals surface area contributed by atoms with Gasteiger partial charge in [-0.3, -0.25) is 9.58 Å². The van der Waals surface area contributed by atoms with E-state index in [9.17, 15) is 4.79 Å². The summed E-state index contributed by atoms with van der Waals surface area (Å²) in [7, 11) is 0. The highest BCUT2D eigenvalue weighted by molar-refractivity contribution is 5.78. The number of piperidine rings is 3. The lowest BCUT2D eigenvalue weighted by Crippen LogP contribution is -2.52. The molecule has 4 heterocycles. The number of aromatic nitrogens is 2. The molecule has 2 aromatic rings. The average Bonchev–Trinajstić information content (AvgIpc) is 3.11. The average molecular weight is 311 g/mol. The first kappa shape index (κ1) is 14.5. The lowest BCUT2D eigenvalue weighted by atomic mass is 9.86. The van der Waals surface area contributed by atoms with E-state index < -0.39 is 6.04 Å². The Morgan fingerprint density at radius 3 is 2.57 bits per heavy atom. The quantitative estimate of drug-likeness (QED) is 0.812. The predicted octanol–water partition coefficient (Wildman–Crippen LogP) is 2.11. The van der Waals surface area contributed by atoms with Gasteiger partial charge in [-0.1, -0.05) is 30.3 Å². The van der Waals surface area contributed by atoms with E-state index in [0.29, 0.717) is 5.92 Å². The number of benzene rings is 1. The molecule has 0 N–H and O–H groups in total. The molecule has 1 aromatic heterocycles. The van der Waals surface area contributed by atoms with E-state index in [4.69, 9.17) is 4.74 Å². The Morgan fingerprint density at radius 2 is 1.96 bits per heavy atom. The second-order valence-electron chi connectivity index (χ2n) is 6.41. The number of hydrogen-bond acceptors (Lipinski definition) is 4. The molecule has 2 unspecified atom stereocenters. The number of fused-ring (bicyclic) bond motifs is 3. The van der Waals surface area contributed by atoms with Crippen molar-refractivity contribution < 1.29 is 9.53 Å². The summed E-state index contributed by atoms with van der Waals surface area (Å²) < 4.78 is 7.60. The number of rotatable bonds is 4. The van der Waals surface area contributed by atoms with E-state index in [1.165, 1.54) is 0 Å². The Labute approximate surface area is 135 Å². The van der Waals surface area contributed by atoms with Crippen LogP contribution in [0.2, 0.25) is 0 Å². The maximum Gasteiger partial charge on any atom is 0.335 e. The summed E-state index contributed by atoms with van der Waals surface area (Å²) in [5, 5.41) is 4.26. The molecule has 3 saturated heterocycles. The maximum atomic E-state index is 12.9. The third kappa shape index (κ3) is 2.88. The van der Waals surface area contributed by atoms with Crippen LogP contribution in [0, 0.1) is 5.92 Å². The standard InChI is InChI=1S/C18H21N3O2/c22-18(23-16-13-20-11-7-14(16)8-12-20)17(21-10-4-9-19-21)15-5-2-1-3-6-15/h1-6,9-10,14,16-17H,7-8,11-13H2. The monoisotopic (exact) mass is 311 g/mol. The zero-order chi connectivity index (χ0) is 15.6. The van der Waals surface area contributed by atoms with Crippen molar-refractivity contribution in [2.75, 3.05) is 19.6 Å². The fraction of sp³-hybridized carbons (Fsp3) is 0.444. The van der Waals surface area contributed by atoms with Crippen molar-refractivity contribution >= 4 is 5.97 Å². The lowest BCUT2D eigenvalue weighted by Gasteiger charge is -2.44. The second-order valence-corrected chi connectivity index (χ2v) is 6.41. The van der Waals surface area contributed by atoms with Gasteiger partial charge in [0.05, 0.1) is 0 Å². The molecule has 5 rings (SSSR count). The molecule has 0 saturated carbocycles. The van der Waals surface area contributed by atoms with Crippen molar-refractivity contribution in [2.24, 2.45) is 5.92 Å². The van der Waals surface area contributed by atoms with Crippen LogP contribution in [0.5, 0.6) is 0 Å². The zero-order valence-electron chi connectivity index (χ0n) is 13.0. The Balaban J connectivity index is 1.56. The molecule has 3 fully saturated rings. The molecule has 0 radical (unpaired) electrons. The predicted molar refractivity (Wildman–Crippen MR) is 85.9 cm³/mol. The number of nitrogens with zero attached hydrogens (tertiary/aromatic N) is 3. The van der Waals surface area contributed by atoms with E-state index in [1.54, 1.807) is 10.9 Å². The molecule has 5 heteroatoms. The van der Waals surface area contributed by atoms with Crippen molar-refractivity contribution in [2.45, 2.75) is 25.0 Å². The summed E-state index contributed by atoms with van der Waals surface area (Å²) >= 11 is 0. The van der Waals surface area contributed by atoms with E-state index in [1.807, 2.05) is 42.6 Å². The summed E-state index contributed by atoms with van der Waals surface area (Å²) in [6, 6.07) is 11.0. The van der Waals surface area contributed by atoms with Gasteiger partial charge in [0.2, 0.25) is 0 Å². The van der Waals surface area contributed by atoms with Crippen molar-refractivity contribution in [3.05, 3.63) is 54.4 Å². The van der Waals surface area contributed by atoms with Gasteiger partial charge in [0.25, 0.3) is 0 Å². The highest BCUT2D eigenvalue weighted by atomic mass is 16.5. The van der Waals surface area contributed by atoms with Gasteiger partial charge in [-0.15, -0.1) is 0 Å². The van der Waals surface area contributed by atoms with Crippen LogP contribution in [0.15, 0.2) is 48.8 Å². The molecule has 120 valence electrons. The molecule has 0 amide bonds. The summed E-state index contributed by atoms with van der Waals surface area (Å²) in [5.74, 6) is 0.302. The summed E-state index contributed by atoms with van der Waals surface area (Å²) in [4.78, 5) is 15.3. The molecule has 3 aliphatic rings. The molecule has 5 nitrogen and oxygen atoms in total. The zero-order valence-corrected chi connectivity index (χ0v) is 13.0. The van der Waals surface area contributed by atoms with E-state index in [0.717, 1.165) is 38.0 Å². The molecule has 0 aliphatic carbocycles. The third-order valence-electron chi connectivity index (χ3n) is 4.99. The minimum Gasteiger partial charge on any atom is -0.459 e. The molecule has 2 atom stereocenters. The van der Waals surface area contributed by atoms with Crippen LogP contribution in [-0.2, 0) is 9.53 Å². The molecule has 2 bridgehead atoms. The van der Waals surface area contributed by atoms with Gasteiger partial charge in [-0.2, -0.15) is 5.10 Å². The maximum absolute atomic E-state index is 12.9. The van der Waals surface area contributed by atoms with Crippen LogP contribution in [0.1, 0.15) is 24.4 Å². The Hall–Kier alpha value is -2.14. The van der Waals surface area contributed by atoms with Crippen molar-refractivity contribution in [1.29, 1.82) is 0 Å². The van der Waals surface area contributed by atoms with Gasteiger partial charge in [-0.05, 0) is 43.5 Å². The molecule has 23 heavy (non-hydrogen) atoms. The molecule has 3 aliphatic heterocycles. The van der Waals surface area contributed by atoms with Gasteiger partial charge >= 0.3 is 5.97 Å². The van der Waals surface area contributed by atoms with Crippen molar-refractivity contribution in [3.63, 3.8) is 0 Å². The largest absolute Gasteiger partial charge is 0.459 e. The van der Waals surface area contributed by atoms with Crippen LogP contribution in [-0.4, -0.2) is 46.4 Å². The van der Waals surface area contributed by atoms with Crippen LogP contribution >= 0.6 is 0 Å². The van der Waals surface area contributed by atoms with E-state index in [2.05, 4.69) is 10.00 Å². The molecular weight excluding hydrogens is 290 g/mol. The van der Waals surface area contributed by atoms with Crippen LogP contribution in [0.25, 0.3) is 0 Å². The van der Waals surface area contributed by atoms with Crippen LogP contribution in [0.4, 0.5) is 0 Å². The number of esters is 1. The van der Waals surface area contributed by atoms with Gasteiger partial charge < -0.3 is 4.74 Å². The fourth-order valence-electron chi connectivity index (χ4n) is 3.72. The highest BCUT2D eigenvalue weighted by Gasteiger charge is 2.38. The number of carbonyl (C=O) groups excluding carboxylic acids is 1. The summed E-state index contributed by atoms with van der Waals surface area (Å²) in [6.45, 7) is 3.15. The topological polar surface area (TPSA) is 47.4 Å². The Morgan fingerprint density at radius 1 is 1.17 bits per heavy atom. The summed E-state index contributed by atoms with van der Waals surface area (Å²) in [6.07, 6.45) is 5.80. The first-order valence-corrected chi connectivity index (χ1v) is 8.28. The summed E-state index contributed by atoms with van der Waals surface area (Å²) in [5.41, 5.74) is 0.905. The van der Waals surface area contributed by atoms with Gasteiger partial charge in [0.1, 0.15) is 6.10 Å². The molecular formula is C18H21N3O2. The first-order chi connectivity index (χ1) is 11.3. The highest BCUT2D eigenvalue weighted by Crippen LogP contribution is 2.31. The van der Waals surface area contributed by atoms with Crippen molar-refractivity contribution in [1.82, 2.24) is 14.7 Å². The minimum absolute atomic E-state index is 0.0202.